The number of amides is 1. The Balaban J connectivity index is 2.05. The molecule has 1 aromatic heterocycles. The predicted molar refractivity (Wildman–Crippen MR) is 83.6 cm³/mol. The smallest absolute Gasteiger partial charge is 0.250 e. The van der Waals surface area contributed by atoms with E-state index in [1.807, 2.05) is 0 Å². The lowest BCUT2D eigenvalue weighted by molar-refractivity contribution is 0.100. The summed E-state index contributed by atoms with van der Waals surface area (Å²) in [6, 6.07) is 1.32. The molecule has 22 heavy (non-hydrogen) atoms. The van der Waals surface area contributed by atoms with Gasteiger partial charge in [-0.15, -0.1) is 0 Å². The number of benzene rings is 1. The van der Waals surface area contributed by atoms with Crippen molar-refractivity contribution in [1.29, 1.82) is 0 Å². The topological polar surface area (TPSA) is 70.9 Å². The highest BCUT2D eigenvalue weighted by molar-refractivity contribution is 6.07. The number of nitrogens with two attached hydrogens (primary N) is 1. The van der Waals surface area contributed by atoms with Crippen LogP contribution in [0.3, 0.4) is 0 Å². The van der Waals surface area contributed by atoms with E-state index in [2.05, 4.69) is 10.3 Å². The second-order valence-corrected chi connectivity index (χ2v) is 6.41. The van der Waals surface area contributed by atoms with E-state index in [0.29, 0.717) is 0 Å². The molecule has 0 saturated carbocycles. The third kappa shape index (κ3) is 1.96. The van der Waals surface area contributed by atoms with Crippen molar-refractivity contribution < 1.29 is 9.18 Å². The molecule has 0 radical (unpaired) electrons. The molecule has 116 valence electrons. The molecule has 0 spiro atoms. The van der Waals surface area contributed by atoms with Gasteiger partial charge in [0.15, 0.2) is 0 Å². The Hall–Kier alpha value is -1.88. The first-order valence-electron chi connectivity index (χ1n) is 8.03. The normalized spacial score (nSPS) is 21.2. The van der Waals surface area contributed by atoms with Gasteiger partial charge in [-0.25, -0.2) is 4.39 Å². The molecule has 1 saturated heterocycles. The molecule has 0 bridgehead atoms. The summed E-state index contributed by atoms with van der Waals surface area (Å²) in [5.41, 5.74) is 9.61. The number of primary amides is 1. The molecule has 5 heteroatoms. The van der Waals surface area contributed by atoms with Crippen molar-refractivity contribution in [3.05, 3.63) is 34.3 Å². The fourth-order valence-electron chi connectivity index (χ4n) is 4.07. The van der Waals surface area contributed by atoms with Crippen LogP contribution in [0.1, 0.15) is 52.4 Å². The molecule has 1 unspecified atom stereocenters. The van der Waals surface area contributed by atoms with E-state index in [4.69, 9.17) is 5.73 Å². The van der Waals surface area contributed by atoms with Crippen LogP contribution in [-0.4, -0.2) is 24.0 Å². The maximum absolute atomic E-state index is 14.8. The Morgan fingerprint density at radius 1 is 1.32 bits per heavy atom. The molecule has 4 nitrogen and oxygen atoms in total. The van der Waals surface area contributed by atoms with Crippen molar-refractivity contribution in [3.8, 4) is 0 Å². The Labute approximate surface area is 128 Å². The van der Waals surface area contributed by atoms with Crippen LogP contribution < -0.4 is 11.1 Å². The van der Waals surface area contributed by atoms with Gasteiger partial charge in [-0.1, -0.05) is 0 Å². The number of aryl methyl sites for hydroxylation is 2. The fourth-order valence-corrected chi connectivity index (χ4v) is 4.07. The first-order valence-corrected chi connectivity index (χ1v) is 8.03. The lowest BCUT2D eigenvalue weighted by Crippen LogP contribution is -2.14. The standard InChI is InChI=1S/C17H20FN3O/c18-12-7-11(17(19)22)16-15(14(12)9-5-6-20-8-9)10-3-1-2-4-13(10)21-16/h7,9,20-21H,1-6,8H2,(H2,19,22). The Morgan fingerprint density at radius 3 is 2.86 bits per heavy atom. The van der Waals surface area contributed by atoms with E-state index >= 15 is 0 Å². The highest BCUT2D eigenvalue weighted by atomic mass is 19.1. The summed E-state index contributed by atoms with van der Waals surface area (Å²) >= 11 is 0. The number of fused-ring (bicyclic) bond motifs is 3. The molecule has 1 aromatic carbocycles. The van der Waals surface area contributed by atoms with Crippen LogP contribution >= 0.6 is 0 Å². The van der Waals surface area contributed by atoms with Crippen LogP contribution in [0.2, 0.25) is 0 Å². The maximum atomic E-state index is 14.8. The van der Waals surface area contributed by atoms with E-state index in [1.165, 1.54) is 11.6 Å². The van der Waals surface area contributed by atoms with Crippen LogP contribution in [0, 0.1) is 5.82 Å². The Bertz CT molecular complexity index is 759. The summed E-state index contributed by atoms with van der Waals surface area (Å²) in [4.78, 5) is 15.1. The number of rotatable bonds is 2. The van der Waals surface area contributed by atoms with E-state index in [1.54, 1.807) is 0 Å². The van der Waals surface area contributed by atoms with Gasteiger partial charge in [-0.05, 0) is 50.3 Å². The van der Waals surface area contributed by atoms with Crippen molar-refractivity contribution in [2.75, 3.05) is 13.1 Å². The summed E-state index contributed by atoms with van der Waals surface area (Å²) in [6.07, 6.45) is 5.09. The summed E-state index contributed by atoms with van der Waals surface area (Å²) in [5.74, 6) is -0.688. The molecule has 1 amide bonds. The van der Waals surface area contributed by atoms with Gasteiger partial charge in [0.05, 0.1) is 11.1 Å². The molecule has 1 fully saturated rings. The number of carbonyl (C=O) groups is 1. The number of carbonyl (C=O) groups excluding carboxylic acids is 1. The third-order valence-electron chi connectivity index (χ3n) is 5.10. The Kier molecular flexibility index (Phi) is 3.18. The number of H-pyrrole nitrogens is 1. The summed E-state index contributed by atoms with van der Waals surface area (Å²) in [5, 5.41) is 4.23. The van der Waals surface area contributed by atoms with Crippen LogP contribution in [-0.2, 0) is 12.8 Å². The predicted octanol–water partition coefficient (Wildman–Crippen LogP) is 2.36. The zero-order valence-electron chi connectivity index (χ0n) is 12.5. The molecule has 4 rings (SSSR count). The molecule has 1 aliphatic heterocycles. The van der Waals surface area contributed by atoms with Crippen LogP contribution in [0.15, 0.2) is 6.07 Å². The SMILES string of the molecule is NC(=O)c1cc(F)c(C2CCNC2)c2c3c([nH]c12)CCCC3. The zero-order valence-corrected chi connectivity index (χ0v) is 12.5. The molecule has 4 N–H and O–H groups in total. The molecule has 1 aliphatic carbocycles. The van der Waals surface area contributed by atoms with Gasteiger partial charge in [0.1, 0.15) is 5.82 Å². The monoisotopic (exact) mass is 301 g/mol. The molecule has 1 atom stereocenters. The molecule has 2 heterocycles. The number of hydrogen-bond acceptors (Lipinski definition) is 2. The minimum absolute atomic E-state index is 0.172. The van der Waals surface area contributed by atoms with Crippen molar-refractivity contribution in [1.82, 2.24) is 10.3 Å². The summed E-state index contributed by atoms with van der Waals surface area (Å²) < 4.78 is 14.8. The second-order valence-electron chi connectivity index (χ2n) is 6.41. The lowest BCUT2D eigenvalue weighted by atomic mass is 9.87. The van der Waals surface area contributed by atoms with Gasteiger partial charge >= 0.3 is 0 Å². The highest BCUT2D eigenvalue weighted by Gasteiger charge is 2.29. The average molecular weight is 301 g/mol. The highest BCUT2D eigenvalue weighted by Crippen LogP contribution is 2.39. The van der Waals surface area contributed by atoms with Crippen molar-refractivity contribution in [3.63, 3.8) is 0 Å². The number of hydrogen-bond donors (Lipinski definition) is 3. The average Bonchev–Trinajstić information content (AvgIpc) is 3.14. The first kappa shape index (κ1) is 13.8. The van der Waals surface area contributed by atoms with Crippen LogP contribution in [0.4, 0.5) is 4.39 Å². The van der Waals surface area contributed by atoms with Crippen molar-refractivity contribution in [2.45, 2.75) is 38.0 Å². The third-order valence-corrected chi connectivity index (χ3v) is 5.10. The summed E-state index contributed by atoms with van der Waals surface area (Å²) in [7, 11) is 0. The number of nitrogens with one attached hydrogen (secondary N) is 2. The number of halogens is 1. The van der Waals surface area contributed by atoms with Gasteiger partial charge < -0.3 is 16.0 Å². The quantitative estimate of drug-likeness (QED) is 0.797. The summed E-state index contributed by atoms with van der Waals surface area (Å²) in [6.45, 7) is 1.71. The van der Waals surface area contributed by atoms with E-state index in [0.717, 1.165) is 67.4 Å². The number of aromatic amines is 1. The molecular formula is C17H20FN3O. The first-order chi connectivity index (χ1) is 10.7. The van der Waals surface area contributed by atoms with E-state index in [9.17, 15) is 9.18 Å². The van der Waals surface area contributed by atoms with Gasteiger partial charge in [0.25, 0.3) is 5.91 Å². The minimum Gasteiger partial charge on any atom is -0.366 e. The number of aromatic nitrogens is 1. The lowest BCUT2D eigenvalue weighted by Gasteiger charge is -2.16. The minimum atomic E-state index is -0.571. The van der Waals surface area contributed by atoms with Gasteiger partial charge in [0, 0.05) is 29.1 Å². The van der Waals surface area contributed by atoms with Gasteiger partial charge in [-0.3, -0.25) is 4.79 Å². The second kappa shape index (κ2) is 5.09. The van der Waals surface area contributed by atoms with Gasteiger partial charge in [0.2, 0.25) is 0 Å². The maximum Gasteiger partial charge on any atom is 0.250 e. The van der Waals surface area contributed by atoms with Crippen molar-refractivity contribution >= 4 is 16.8 Å². The fraction of sp³-hybridized carbons (Fsp3) is 0.471. The molecular weight excluding hydrogens is 281 g/mol. The van der Waals surface area contributed by atoms with E-state index < -0.39 is 5.91 Å². The molecule has 2 aliphatic rings. The largest absolute Gasteiger partial charge is 0.366 e. The van der Waals surface area contributed by atoms with Gasteiger partial charge in [-0.2, -0.15) is 0 Å². The molecule has 2 aromatic rings. The van der Waals surface area contributed by atoms with Crippen molar-refractivity contribution in [2.24, 2.45) is 5.73 Å². The van der Waals surface area contributed by atoms with E-state index in [-0.39, 0.29) is 17.3 Å². The Morgan fingerprint density at radius 2 is 2.14 bits per heavy atom. The van der Waals surface area contributed by atoms with Crippen LogP contribution in [0.5, 0.6) is 0 Å². The van der Waals surface area contributed by atoms with Crippen LogP contribution in [0.25, 0.3) is 10.9 Å². The zero-order chi connectivity index (χ0) is 15.3.